The fourth-order valence-corrected chi connectivity index (χ4v) is 3.48. The topological polar surface area (TPSA) is 68.0 Å². The van der Waals surface area contributed by atoms with E-state index in [2.05, 4.69) is 10.3 Å². The zero-order valence-electron chi connectivity index (χ0n) is 12.2. The summed E-state index contributed by atoms with van der Waals surface area (Å²) in [4.78, 5) is 17.4. The Morgan fingerprint density at radius 1 is 1.17 bits per heavy atom. The maximum Gasteiger partial charge on any atom is 0.236 e. The molecule has 23 heavy (non-hydrogen) atoms. The van der Waals surface area contributed by atoms with E-state index in [4.69, 9.17) is 5.73 Å². The lowest BCUT2D eigenvalue weighted by molar-refractivity contribution is -0.113. The van der Waals surface area contributed by atoms with Crippen LogP contribution >= 0.6 is 23.1 Å². The molecule has 1 aromatic heterocycles. The Morgan fingerprint density at radius 3 is 2.78 bits per heavy atom. The molecule has 0 spiro atoms. The molecule has 3 aromatic rings. The smallest absolute Gasteiger partial charge is 0.236 e. The monoisotopic (exact) mass is 341 g/mol. The Morgan fingerprint density at radius 2 is 2.00 bits per heavy atom. The number of thiazole rings is 1. The van der Waals surface area contributed by atoms with Gasteiger partial charge in [0.05, 0.1) is 11.4 Å². The van der Waals surface area contributed by atoms with Crippen LogP contribution in [0.1, 0.15) is 0 Å². The number of nitrogens with one attached hydrogen (secondary N) is 1. The number of hydrogen-bond acceptors (Lipinski definition) is 5. The molecular formula is C17H15N3OS2. The third kappa shape index (κ3) is 4.34. The van der Waals surface area contributed by atoms with Crippen LogP contribution in [-0.2, 0) is 4.79 Å². The number of hydrogen-bond donors (Lipinski definition) is 2. The van der Waals surface area contributed by atoms with E-state index in [1.165, 1.54) is 23.1 Å². The van der Waals surface area contributed by atoms with Gasteiger partial charge in [0.1, 0.15) is 0 Å². The number of nitrogens with zero attached hydrogens (tertiary/aromatic N) is 1. The zero-order chi connectivity index (χ0) is 16.1. The Bertz CT molecular complexity index is 802. The van der Waals surface area contributed by atoms with Crippen molar-refractivity contribution < 1.29 is 4.79 Å². The number of rotatable bonds is 5. The average Bonchev–Trinajstić information content (AvgIpc) is 3.02. The van der Waals surface area contributed by atoms with E-state index in [0.717, 1.165) is 16.2 Å². The fourth-order valence-electron chi connectivity index (χ4n) is 1.98. The van der Waals surface area contributed by atoms with Crippen LogP contribution in [0.25, 0.3) is 11.3 Å². The van der Waals surface area contributed by atoms with E-state index in [1.807, 2.05) is 60.0 Å². The second-order valence-electron chi connectivity index (χ2n) is 4.81. The molecule has 116 valence electrons. The molecule has 0 saturated carbocycles. The summed E-state index contributed by atoms with van der Waals surface area (Å²) in [6.07, 6.45) is 0. The summed E-state index contributed by atoms with van der Waals surface area (Å²) in [5.41, 5.74) is 8.33. The molecule has 0 fully saturated rings. The lowest BCUT2D eigenvalue weighted by Crippen LogP contribution is -2.13. The van der Waals surface area contributed by atoms with Crippen molar-refractivity contribution in [2.45, 2.75) is 4.90 Å². The number of aromatic nitrogens is 1. The second-order valence-corrected chi connectivity index (χ2v) is 6.72. The Hall–Kier alpha value is -2.31. The molecule has 0 atom stereocenters. The van der Waals surface area contributed by atoms with E-state index in [9.17, 15) is 4.79 Å². The van der Waals surface area contributed by atoms with Crippen molar-refractivity contribution >= 4 is 39.8 Å². The highest BCUT2D eigenvalue weighted by Gasteiger charge is 2.08. The first-order valence-corrected chi connectivity index (χ1v) is 8.86. The van der Waals surface area contributed by atoms with Crippen molar-refractivity contribution in [1.29, 1.82) is 0 Å². The first-order chi connectivity index (χ1) is 11.2. The summed E-state index contributed by atoms with van der Waals surface area (Å²) in [5, 5.41) is 5.39. The van der Waals surface area contributed by atoms with E-state index < -0.39 is 0 Å². The molecule has 0 radical (unpaired) electrons. The minimum Gasteiger partial charge on any atom is -0.399 e. The Labute approximate surface area is 142 Å². The Kier molecular flexibility index (Phi) is 4.95. The van der Waals surface area contributed by atoms with Gasteiger partial charge in [-0.2, -0.15) is 0 Å². The van der Waals surface area contributed by atoms with Crippen LogP contribution in [0.2, 0.25) is 0 Å². The van der Waals surface area contributed by atoms with Gasteiger partial charge in [-0.15, -0.1) is 23.1 Å². The summed E-state index contributed by atoms with van der Waals surface area (Å²) in [6, 6.07) is 17.4. The highest BCUT2D eigenvalue weighted by atomic mass is 32.2. The van der Waals surface area contributed by atoms with Crippen molar-refractivity contribution in [2.75, 3.05) is 16.8 Å². The minimum atomic E-state index is -0.0774. The Balaban J connectivity index is 1.57. The number of nitrogens with two attached hydrogens (primary N) is 1. The van der Waals surface area contributed by atoms with Crippen LogP contribution in [0.4, 0.5) is 10.8 Å². The van der Waals surface area contributed by atoms with Crippen molar-refractivity contribution in [1.82, 2.24) is 4.98 Å². The molecule has 4 nitrogen and oxygen atoms in total. The number of benzene rings is 2. The molecule has 3 rings (SSSR count). The minimum absolute atomic E-state index is 0.0774. The normalized spacial score (nSPS) is 10.4. The maximum atomic E-state index is 12.0. The summed E-state index contributed by atoms with van der Waals surface area (Å²) in [6.45, 7) is 0. The van der Waals surface area contributed by atoms with Gasteiger partial charge in [0.2, 0.25) is 5.91 Å². The van der Waals surface area contributed by atoms with E-state index in [-0.39, 0.29) is 5.91 Å². The van der Waals surface area contributed by atoms with Gasteiger partial charge in [-0.05, 0) is 18.2 Å². The number of thioether (sulfide) groups is 1. The summed E-state index contributed by atoms with van der Waals surface area (Å²) < 4.78 is 0. The van der Waals surface area contributed by atoms with Crippen molar-refractivity contribution in [3.63, 3.8) is 0 Å². The van der Waals surface area contributed by atoms with Gasteiger partial charge >= 0.3 is 0 Å². The number of anilines is 2. The lowest BCUT2D eigenvalue weighted by atomic mass is 10.2. The van der Waals surface area contributed by atoms with Crippen LogP contribution in [0, 0.1) is 0 Å². The van der Waals surface area contributed by atoms with Gasteiger partial charge in [0, 0.05) is 21.5 Å². The number of carbonyl (C=O) groups excluding carboxylic acids is 1. The third-order valence-electron chi connectivity index (χ3n) is 3.05. The lowest BCUT2D eigenvalue weighted by Gasteiger charge is -2.03. The molecule has 0 unspecified atom stereocenters. The first kappa shape index (κ1) is 15.6. The van der Waals surface area contributed by atoms with E-state index in [1.54, 1.807) is 0 Å². The van der Waals surface area contributed by atoms with Gasteiger partial charge in [-0.3, -0.25) is 4.79 Å². The number of nitrogen functional groups attached to an aromatic ring is 1. The quantitative estimate of drug-likeness (QED) is 0.541. The standard InChI is InChI=1S/C17H15N3OS2/c18-13-7-4-8-14(9-13)22-11-16(21)20-17-19-15(10-23-17)12-5-2-1-3-6-12/h1-10H,11,18H2,(H,19,20,21). The predicted molar refractivity (Wildman–Crippen MR) is 97.8 cm³/mol. The zero-order valence-corrected chi connectivity index (χ0v) is 13.9. The largest absolute Gasteiger partial charge is 0.399 e. The first-order valence-electron chi connectivity index (χ1n) is 7.00. The molecule has 0 aliphatic heterocycles. The molecule has 1 heterocycles. The molecular weight excluding hydrogens is 326 g/mol. The molecule has 0 saturated heterocycles. The molecule has 0 aliphatic rings. The van der Waals surface area contributed by atoms with Crippen LogP contribution in [0.15, 0.2) is 64.9 Å². The van der Waals surface area contributed by atoms with Gasteiger partial charge in [0.25, 0.3) is 0 Å². The fraction of sp³-hybridized carbons (Fsp3) is 0.0588. The van der Waals surface area contributed by atoms with Crippen molar-refractivity contribution in [3.8, 4) is 11.3 Å². The van der Waals surface area contributed by atoms with Crippen LogP contribution in [-0.4, -0.2) is 16.6 Å². The predicted octanol–water partition coefficient (Wildman–Crippen LogP) is 4.12. The van der Waals surface area contributed by atoms with Crippen molar-refractivity contribution in [3.05, 3.63) is 60.0 Å². The second kappa shape index (κ2) is 7.30. The molecule has 6 heteroatoms. The average molecular weight is 341 g/mol. The maximum absolute atomic E-state index is 12.0. The highest BCUT2D eigenvalue weighted by Crippen LogP contribution is 2.25. The highest BCUT2D eigenvalue weighted by molar-refractivity contribution is 8.00. The molecule has 1 amide bonds. The number of carbonyl (C=O) groups is 1. The van der Waals surface area contributed by atoms with Crippen LogP contribution in [0.3, 0.4) is 0 Å². The molecule has 3 N–H and O–H groups in total. The van der Waals surface area contributed by atoms with E-state index in [0.29, 0.717) is 16.6 Å². The van der Waals surface area contributed by atoms with Gasteiger partial charge in [-0.1, -0.05) is 36.4 Å². The van der Waals surface area contributed by atoms with Gasteiger partial charge in [0.15, 0.2) is 5.13 Å². The molecule has 0 aliphatic carbocycles. The van der Waals surface area contributed by atoms with E-state index >= 15 is 0 Å². The SMILES string of the molecule is Nc1cccc(SCC(=O)Nc2nc(-c3ccccc3)cs2)c1. The summed E-state index contributed by atoms with van der Waals surface area (Å²) >= 11 is 2.87. The van der Waals surface area contributed by atoms with Gasteiger partial charge in [-0.25, -0.2) is 4.98 Å². The third-order valence-corrected chi connectivity index (χ3v) is 4.80. The number of amides is 1. The molecule has 0 bridgehead atoms. The van der Waals surface area contributed by atoms with Crippen molar-refractivity contribution in [2.24, 2.45) is 0 Å². The van der Waals surface area contributed by atoms with Gasteiger partial charge < -0.3 is 11.1 Å². The van der Waals surface area contributed by atoms with Crippen LogP contribution in [0.5, 0.6) is 0 Å². The summed E-state index contributed by atoms with van der Waals surface area (Å²) in [7, 11) is 0. The van der Waals surface area contributed by atoms with Crippen LogP contribution < -0.4 is 11.1 Å². The summed E-state index contributed by atoms with van der Waals surface area (Å²) in [5.74, 6) is 0.246. The molecule has 2 aromatic carbocycles.